The molecule has 1 aliphatic carbocycles. The number of amides is 2. The van der Waals surface area contributed by atoms with E-state index in [-0.39, 0.29) is 31.6 Å². The number of aliphatic carboxylic acids is 1. The number of alkyl halides is 2. The predicted molar refractivity (Wildman–Crippen MR) is 123 cm³/mol. The Morgan fingerprint density at radius 2 is 1.86 bits per heavy atom. The fraction of sp³-hybridized carbons (Fsp3) is 0.560. The molecule has 1 aromatic carbocycles. The van der Waals surface area contributed by atoms with E-state index in [1.54, 1.807) is 30.3 Å². The minimum atomic E-state index is -3.26. The number of hydrogen-bond donors (Lipinski definition) is 2. The second-order valence-corrected chi connectivity index (χ2v) is 10.0. The number of ketones is 1. The highest BCUT2D eigenvalue weighted by atomic mass is 19.3. The number of hydrogen-bond acceptors (Lipinski definition) is 6. The number of nitrogens with one attached hydrogen (secondary N) is 1. The maximum absolute atomic E-state index is 15.0. The predicted octanol–water partition coefficient (Wildman–Crippen LogP) is 3.29. The summed E-state index contributed by atoms with van der Waals surface area (Å²) < 4.78 is 30.0. The van der Waals surface area contributed by atoms with Gasteiger partial charge in [-0.05, 0) is 18.4 Å². The van der Waals surface area contributed by atoms with Crippen molar-refractivity contribution in [1.82, 2.24) is 10.2 Å². The van der Waals surface area contributed by atoms with Crippen molar-refractivity contribution in [3.8, 4) is 6.07 Å². The second-order valence-electron chi connectivity index (χ2n) is 10.0. The van der Waals surface area contributed by atoms with E-state index in [9.17, 15) is 28.4 Å². The number of carboxylic acid groups (broad SMARTS) is 1. The number of piperidine rings is 1. The van der Waals surface area contributed by atoms with Gasteiger partial charge in [0.2, 0.25) is 0 Å². The zero-order valence-corrected chi connectivity index (χ0v) is 19.7. The normalized spacial score (nSPS) is 20.6. The van der Waals surface area contributed by atoms with E-state index in [0.717, 1.165) is 0 Å². The summed E-state index contributed by atoms with van der Waals surface area (Å²) in [7, 11) is 0. The monoisotopic (exact) mass is 502 g/mol. The lowest BCUT2D eigenvalue weighted by atomic mass is 9.87. The van der Waals surface area contributed by atoms with Crippen LogP contribution in [0.15, 0.2) is 35.5 Å². The first-order chi connectivity index (χ1) is 17.0. The number of likely N-dealkylation sites (tertiary alicyclic amines) is 1. The number of halogens is 2. The van der Waals surface area contributed by atoms with E-state index in [1.165, 1.54) is 4.90 Å². The zero-order chi connectivity index (χ0) is 26.0. The molecule has 36 heavy (non-hydrogen) atoms. The third-order valence-corrected chi connectivity index (χ3v) is 7.15. The van der Waals surface area contributed by atoms with Crippen LogP contribution in [0.1, 0.15) is 50.5 Å². The molecule has 2 amide bonds. The molecule has 1 saturated heterocycles. The molecule has 1 spiro atoms. The van der Waals surface area contributed by atoms with Gasteiger partial charge < -0.3 is 20.2 Å². The quantitative estimate of drug-likeness (QED) is 0.533. The fourth-order valence-electron chi connectivity index (χ4n) is 4.71. The molecule has 0 bridgehead atoms. The van der Waals surface area contributed by atoms with E-state index in [4.69, 9.17) is 9.94 Å². The smallest absolute Gasteiger partial charge is 0.353 e. The first-order valence-corrected chi connectivity index (χ1v) is 11.9. The highest BCUT2D eigenvalue weighted by Gasteiger charge is 2.48. The molecule has 1 aromatic rings. The van der Waals surface area contributed by atoms with Crippen LogP contribution in [0, 0.1) is 16.7 Å². The van der Waals surface area contributed by atoms with Gasteiger partial charge >= 0.3 is 12.0 Å². The number of nitrogens with zero attached hydrogens (tertiary/aromatic N) is 3. The van der Waals surface area contributed by atoms with Crippen molar-refractivity contribution in [1.29, 1.82) is 5.26 Å². The topological polar surface area (TPSA) is 132 Å². The van der Waals surface area contributed by atoms with Crippen molar-refractivity contribution >= 4 is 23.5 Å². The highest BCUT2D eigenvalue weighted by molar-refractivity contribution is 6.36. The van der Waals surface area contributed by atoms with Gasteiger partial charge in [0.1, 0.15) is 5.60 Å². The summed E-state index contributed by atoms with van der Waals surface area (Å²) in [5, 5.41) is 24.6. The number of rotatable bonds is 9. The highest BCUT2D eigenvalue weighted by Crippen LogP contribution is 2.48. The Bertz CT molecular complexity index is 1090. The molecule has 2 heterocycles. The lowest BCUT2D eigenvalue weighted by Crippen LogP contribution is -2.54. The molecule has 2 N–H and O–H groups in total. The number of Topliss-reactive ketones (excluding diaryl/α,β-unsaturated/α-hetero) is 1. The molecular weight excluding hydrogens is 474 g/mol. The number of carbonyl (C=O) groups excluding carboxylic acids is 2. The molecule has 1 saturated carbocycles. The van der Waals surface area contributed by atoms with Crippen LogP contribution in [0.5, 0.6) is 0 Å². The van der Waals surface area contributed by atoms with Crippen molar-refractivity contribution in [3.63, 3.8) is 0 Å². The Labute approximate surface area is 207 Å². The minimum absolute atomic E-state index is 0.0780. The Morgan fingerprint density at radius 3 is 2.42 bits per heavy atom. The molecule has 1 atom stereocenters. The maximum Gasteiger partial charge on any atom is 0.353 e. The molecule has 0 radical (unpaired) electrons. The van der Waals surface area contributed by atoms with Crippen LogP contribution in [0.25, 0.3) is 0 Å². The summed E-state index contributed by atoms with van der Waals surface area (Å²) in [6.07, 6.45) is 0.206. The largest absolute Gasteiger partial charge is 0.477 e. The molecule has 9 nitrogen and oxygen atoms in total. The summed E-state index contributed by atoms with van der Waals surface area (Å²) in [6, 6.07) is 8.18. The van der Waals surface area contributed by atoms with Gasteiger partial charge in [-0.15, -0.1) is 0 Å². The molecule has 2 fully saturated rings. The first kappa shape index (κ1) is 25.5. The first-order valence-electron chi connectivity index (χ1n) is 11.9. The molecule has 4 rings (SSSR count). The number of nitriles is 1. The van der Waals surface area contributed by atoms with Crippen LogP contribution < -0.4 is 5.32 Å². The third kappa shape index (κ3) is 5.98. The number of carboxylic acids is 1. The van der Waals surface area contributed by atoms with Crippen molar-refractivity contribution in [3.05, 3.63) is 35.9 Å². The Morgan fingerprint density at radius 1 is 1.19 bits per heavy atom. The van der Waals surface area contributed by atoms with Crippen LogP contribution in [0.3, 0.4) is 0 Å². The van der Waals surface area contributed by atoms with Crippen LogP contribution in [0.2, 0.25) is 0 Å². The summed E-state index contributed by atoms with van der Waals surface area (Å²) >= 11 is 0. The summed E-state index contributed by atoms with van der Waals surface area (Å²) in [4.78, 5) is 43.9. The molecule has 192 valence electrons. The van der Waals surface area contributed by atoms with Crippen LogP contribution in [0.4, 0.5) is 13.6 Å². The van der Waals surface area contributed by atoms with E-state index in [2.05, 4.69) is 16.5 Å². The number of oxime groups is 1. The van der Waals surface area contributed by atoms with Gasteiger partial charge in [0, 0.05) is 51.6 Å². The number of carbonyl (C=O) groups is 3. The van der Waals surface area contributed by atoms with Crippen molar-refractivity contribution in [2.24, 2.45) is 10.6 Å². The molecule has 11 heteroatoms. The number of urea groups is 1. The third-order valence-electron chi connectivity index (χ3n) is 7.15. The Kier molecular flexibility index (Phi) is 6.98. The van der Waals surface area contributed by atoms with Crippen molar-refractivity contribution in [2.75, 3.05) is 13.1 Å². The van der Waals surface area contributed by atoms with Crippen LogP contribution in [-0.4, -0.2) is 64.2 Å². The lowest BCUT2D eigenvalue weighted by Gasteiger charge is -2.37. The molecular formula is C25H28F2N4O5. The van der Waals surface area contributed by atoms with Crippen molar-refractivity contribution in [2.45, 2.75) is 68.9 Å². The fourth-order valence-corrected chi connectivity index (χ4v) is 4.71. The van der Waals surface area contributed by atoms with Gasteiger partial charge in [0.05, 0.1) is 17.5 Å². The van der Waals surface area contributed by atoms with Gasteiger partial charge in [-0.25, -0.2) is 18.4 Å². The van der Waals surface area contributed by atoms with Gasteiger partial charge in [0.25, 0.3) is 5.92 Å². The summed E-state index contributed by atoms with van der Waals surface area (Å²) in [5.41, 5.74) is -1.29. The molecule has 2 aliphatic heterocycles. The van der Waals surface area contributed by atoms with Gasteiger partial charge in [-0.3, -0.25) is 4.79 Å². The maximum atomic E-state index is 15.0. The van der Waals surface area contributed by atoms with Gasteiger partial charge in [-0.1, -0.05) is 35.5 Å². The number of benzene rings is 1. The van der Waals surface area contributed by atoms with Gasteiger partial charge in [0.15, 0.2) is 11.5 Å². The molecule has 0 unspecified atom stereocenters. The molecule has 0 aromatic heterocycles. The van der Waals surface area contributed by atoms with Crippen LogP contribution >= 0.6 is 0 Å². The Hall–Kier alpha value is -3.55. The molecule has 3 aliphatic rings. The summed E-state index contributed by atoms with van der Waals surface area (Å²) in [6.45, 7) is 0.384. The van der Waals surface area contributed by atoms with Gasteiger partial charge in [-0.2, -0.15) is 5.26 Å². The van der Waals surface area contributed by atoms with E-state index < -0.39 is 53.6 Å². The SMILES string of the molecule is N#CC1(CC(=O)[C@H](CC(F)(F)Cc2ccccc2)NC(=O)N2CCC3(CC2)CC(C(=O)O)=NO3)CC1. The minimum Gasteiger partial charge on any atom is -0.477 e. The van der Waals surface area contributed by atoms with Crippen LogP contribution in [-0.2, 0) is 20.8 Å². The average molecular weight is 503 g/mol. The van der Waals surface area contributed by atoms with Crippen molar-refractivity contribution < 1.29 is 33.1 Å². The van der Waals surface area contributed by atoms with E-state index >= 15 is 0 Å². The standard InChI is InChI=1S/C25H28F2N4O5/c26-25(27,12-17-4-2-1-3-5-17)14-18(20(32)15-23(16-28)6-7-23)29-22(35)31-10-8-24(9-11-31)13-19(21(33)34)30-36-24/h1-5,18H,6-15H2,(H,29,35)(H,33,34)/t18-/m0/s1. The summed E-state index contributed by atoms with van der Waals surface area (Å²) in [5.74, 6) is -5.00. The average Bonchev–Trinajstić information content (AvgIpc) is 3.49. The van der Waals surface area contributed by atoms with E-state index in [0.29, 0.717) is 31.2 Å². The Balaban J connectivity index is 1.40. The lowest BCUT2D eigenvalue weighted by molar-refractivity contribution is -0.129. The van der Waals surface area contributed by atoms with E-state index in [1.807, 2.05) is 0 Å². The second kappa shape index (κ2) is 9.84. The zero-order valence-electron chi connectivity index (χ0n) is 19.7.